The molecule has 1 amide bonds. The van der Waals surface area contributed by atoms with Crippen LogP contribution >= 0.6 is 0 Å². The van der Waals surface area contributed by atoms with Crippen molar-refractivity contribution < 1.29 is 9.90 Å². The smallest absolute Gasteiger partial charge is 0.275 e. The van der Waals surface area contributed by atoms with Crippen LogP contribution in [0.5, 0.6) is 5.75 Å². The third-order valence-corrected chi connectivity index (χ3v) is 5.00. The van der Waals surface area contributed by atoms with Crippen molar-refractivity contribution in [2.45, 2.75) is 40.0 Å². The van der Waals surface area contributed by atoms with Crippen molar-refractivity contribution >= 4 is 12.1 Å². The molecule has 3 aromatic rings. The van der Waals surface area contributed by atoms with Crippen molar-refractivity contribution in [2.75, 3.05) is 0 Å². The van der Waals surface area contributed by atoms with Gasteiger partial charge in [-0.1, -0.05) is 37.6 Å². The van der Waals surface area contributed by atoms with Gasteiger partial charge in [0.15, 0.2) is 0 Å². The van der Waals surface area contributed by atoms with Crippen molar-refractivity contribution in [1.29, 1.82) is 0 Å². The fraction of sp³-hybridized carbons (Fsp3) is 0.250. The summed E-state index contributed by atoms with van der Waals surface area (Å²) in [5, 5.41) is 13.8. The quantitative estimate of drug-likeness (QED) is 0.445. The van der Waals surface area contributed by atoms with Crippen LogP contribution < -0.4 is 5.43 Å². The maximum absolute atomic E-state index is 12.2. The average Bonchev–Trinajstić information content (AvgIpc) is 3.00. The van der Waals surface area contributed by atoms with Gasteiger partial charge in [0.05, 0.1) is 11.8 Å². The SMILES string of the molecule is CCCCc1ccc(-n2c(C)cc(C=NNC(=O)c3ccccc3O)c2C)cc1. The number of amides is 1. The van der Waals surface area contributed by atoms with E-state index in [1.165, 1.54) is 24.5 Å². The first-order valence-corrected chi connectivity index (χ1v) is 9.91. The number of carbonyl (C=O) groups is 1. The number of aromatic nitrogens is 1. The molecule has 3 rings (SSSR count). The minimum absolute atomic E-state index is 0.0687. The lowest BCUT2D eigenvalue weighted by Gasteiger charge is -2.10. The maximum Gasteiger partial charge on any atom is 0.275 e. The van der Waals surface area contributed by atoms with Crippen LogP contribution in [0.2, 0.25) is 0 Å². The number of aryl methyl sites for hydroxylation is 2. The molecule has 0 saturated heterocycles. The van der Waals surface area contributed by atoms with Crippen LogP contribution in [0.3, 0.4) is 0 Å². The molecule has 0 aliphatic rings. The average molecular weight is 389 g/mol. The summed E-state index contributed by atoms with van der Waals surface area (Å²) in [7, 11) is 0. The second-order valence-corrected chi connectivity index (χ2v) is 7.15. The summed E-state index contributed by atoms with van der Waals surface area (Å²) in [6.45, 7) is 6.29. The number of benzene rings is 2. The number of phenolic OH excluding ortho intramolecular Hbond substituents is 1. The van der Waals surface area contributed by atoms with Crippen molar-refractivity contribution in [3.8, 4) is 11.4 Å². The van der Waals surface area contributed by atoms with Crippen LogP contribution in [-0.2, 0) is 6.42 Å². The van der Waals surface area contributed by atoms with Crippen LogP contribution in [0.25, 0.3) is 5.69 Å². The van der Waals surface area contributed by atoms with Gasteiger partial charge in [-0.25, -0.2) is 5.43 Å². The molecule has 5 nitrogen and oxygen atoms in total. The Morgan fingerprint density at radius 1 is 1.14 bits per heavy atom. The number of para-hydroxylation sites is 1. The van der Waals surface area contributed by atoms with E-state index < -0.39 is 5.91 Å². The lowest BCUT2D eigenvalue weighted by Crippen LogP contribution is -2.17. The van der Waals surface area contributed by atoms with E-state index in [9.17, 15) is 9.90 Å². The predicted molar refractivity (Wildman–Crippen MR) is 117 cm³/mol. The van der Waals surface area contributed by atoms with Gasteiger partial charge in [0, 0.05) is 22.6 Å². The van der Waals surface area contributed by atoms with Crippen LogP contribution in [-0.4, -0.2) is 21.8 Å². The van der Waals surface area contributed by atoms with Crippen LogP contribution in [0, 0.1) is 13.8 Å². The summed E-state index contributed by atoms with van der Waals surface area (Å²) < 4.78 is 2.18. The summed E-state index contributed by atoms with van der Waals surface area (Å²) in [6.07, 6.45) is 5.13. The van der Waals surface area contributed by atoms with Crippen LogP contribution in [0.15, 0.2) is 59.7 Å². The molecule has 0 spiro atoms. The minimum atomic E-state index is -0.448. The molecule has 2 N–H and O–H groups in total. The summed E-state index contributed by atoms with van der Waals surface area (Å²) >= 11 is 0. The molecule has 0 unspecified atom stereocenters. The lowest BCUT2D eigenvalue weighted by molar-refractivity contribution is 0.0952. The Hall–Kier alpha value is -3.34. The molecule has 150 valence electrons. The largest absolute Gasteiger partial charge is 0.507 e. The molecular formula is C24H27N3O2. The highest BCUT2D eigenvalue weighted by Gasteiger charge is 2.11. The van der Waals surface area contributed by atoms with Crippen LogP contribution in [0.4, 0.5) is 0 Å². The van der Waals surface area contributed by atoms with Crippen LogP contribution in [0.1, 0.15) is 52.6 Å². The Morgan fingerprint density at radius 3 is 2.55 bits per heavy atom. The summed E-state index contributed by atoms with van der Waals surface area (Å²) in [5.74, 6) is -0.517. The molecule has 29 heavy (non-hydrogen) atoms. The first-order valence-electron chi connectivity index (χ1n) is 9.91. The molecule has 0 aliphatic heterocycles. The molecule has 5 heteroatoms. The van der Waals surface area contributed by atoms with Gasteiger partial charge in [0.25, 0.3) is 5.91 Å². The van der Waals surface area contributed by atoms with E-state index in [1.807, 2.05) is 13.0 Å². The van der Waals surface area contributed by atoms with Crippen molar-refractivity contribution in [1.82, 2.24) is 9.99 Å². The number of hydrogen-bond donors (Lipinski definition) is 2. The standard InChI is InChI=1S/C24H27N3O2/c1-4-5-8-19-11-13-21(14-12-19)27-17(2)15-20(18(27)3)16-25-26-24(29)22-9-6-7-10-23(22)28/h6-7,9-16,28H,4-5,8H2,1-3H3,(H,26,29). The fourth-order valence-corrected chi connectivity index (χ4v) is 3.39. The molecule has 0 fully saturated rings. The molecule has 2 aromatic carbocycles. The number of hydrazone groups is 1. The Balaban J connectivity index is 1.74. The third-order valence-electron chi connectivity index (χ3n) is 5.00. The number of phenols is 1. The first kappa shape index (κ1) is 20.4. The highest BCUT2D eigenvalue weighted by atomic mass is 16.3. The Kier molecular flexibility index (Phi) is 6.50. The second kappa shape index (κ2) is 9.24. The number of rotatable bonds is 7. The number of nitrogens with zero attached hydrogens (tertiary/aromatic N) is 2. The van der Waals surface area contributed by atoms with Crippen molar-refractivity contribution in [3.63, 3.8) is 0 Å². The van der Waals surface area contributed by atoms with E-state index in [1.54, 1.807) is 24.4 Å². The summed E-state index contributed by atoms with van der Waals surface area (Å²) in [6, 6.07) is 17.1. The van der Waals surface area contributed by atoms with Gasteiger partial charge in [0.1, 0.15) is 5.75 Å². The monoisotopic (exact) mass is 389 g/mol. The Bertz CT molecular complexity index is 1020. The number of nitrogens with one attached hydrogen (secondary N) is 1. The van der Waals surface area contributed by atoms with E-state index in [-0.39, 0.29) is 11.3 Å². The zero-order valence-corrected chi connectivity index (χ0v) is 17.1. The summed E-state index contributed by atoms with van der Waals surface area (Å²) in [4.78, 5) is 12.2. The maximum atomic E-state index is 12.2. The van der Waals surface area contributed by atoms with Gasteiger partial charge >= 0.3 is 0 Å². The second-order valence-electron chi connectivity index (χ2n) is 7.15. The lowest BCUT2D eigenvalue weighted by atomic mass is 10.1. The van der Waals surface area contributed by atoms with Crippen molar-refractivity contribution in [2.24, 2.45) is 5.10 Å². The number of carbonyl (C=O) groups excluding carboxylic acids is 1. The van der Waals surface area contributed by atoms with E-state index in [0.717, 1.165) is 29.1 Å². The molecule has 1 aromatic heterocycles. The number of unbranched alkanes of at least 4 members (excludes halogenated alkanes) is 1. The highest BCUT2D eigenvalue weighted by Crippen LogP contribution is 2.21. The predicted octanol–water partition coefficient (Wildman–Crippen LogP) is 4.91. The van der Waals surface area contributed by atoms with Gasteiger partial charge in [-0.3, -0.25) is 4.79 Å². The normalized spacial score (nSPS) is 11.1. The summed E-state index contributed by atoms with van der Waals surface area (Å²) in [5.41, 5.74) is 8.19. The Labute approximate surface area is 171 Å². The van der Waals surface area contributed by atoms with Gasteiger partial charge in [-0.15, -0.1) is 0 Å². The highest BCUT2D eigenvalue weighted by molar-refractivity contribution is 5.97. The minimum Gasteiger partial charge on any atom is -0.507 e. The fourth-order valence-electron chi connectivity index (χ4n) is 3.39. The molecule has 0 atom stereocenters. The van der Waals surface area contributed by atoms with Gasteiger partial charge in [0.2, 0.25) is 0 Å². The zero-order chi connectivity index (χ0) is 20.8. The number of aromatic hydroxyl groups is 1. The van der Waals surface area contributed by atoms with Gasteiger partial charge in [-0.05, 0) is 62.6 Å². The van der Waals surface area contributed by atoms with Gasteiger partial charge < -0.3 is 9.67 Å². The number of hydrogen-bond acceptors (Lipinski definition) is 3. The third kappa shape index (κ3) is 4.74. The van der Waals surface area contributed by atoms with E-state index in [4.69, 9.17) is 0 Å². The topological polar surface area (TPSA) is 66.6 Å². The molecular weight excluding hydrogens is 362 g/mol. The first-order chi connectivity index (χ1) is 14.0. The molecule has 0 bridgehead atoms. The molecule has 1 heterocycles. The van der Waals surface area contributed by atoms with E-state index in [0.29, 0.717) is 0 Å². The van der Waals surface area contributed by atoms with Gasteiger partial charge in [-0.2, -0.15) is 5.10 Å². The van der Waals surface area contributed by atoms with Crippen molar-refractivity contribution in [3.05, 3.63) is 82.7 Å². The molecule has 0 aliphatic carbocycles. The molecule has 0 saturated carbocycles. The zero-order valence-electron chi connectivity index (χ0n) is 17.1. The Morgan fingerprint density at radius 2 is 1.86 bits per heavy atom. The van der Waals surface area contributed by atoms with E-state index >= 15 is 0 Å². The van der Waals surface area contributed by atoms with E-state index in [2.05, 4.69) is 53.2 Å². The molecule has 0 radical (unpaired) electrons.